The van der Waals surface area contributed by atoms with Crippen molar-refractivity contribution < 1.29 is 13.2 Å². The Morgan fingerprint density at radius 2 is 2.00 bits per heavy atom. The van der Waals surface area contributed by atoms with E-state index < -0.39 is 10.0 Å². The lowest BCUT2D eigenvalue weighted by Crippen LogP contribution is -2.23. The third-order valence-electron chi connectivity index (χ3n) is 2.71. The summed E-state index contributed by atoms with van der Waals surface area (Å²) in [5.41, 5.74) is 0.958. The summed E-state index contributed by atoms with van der Waals surface area (Å²) < 4.78 is 32.0. The molecule has 1 aromatic carbocycles. The number of nitrogens with one attached hydrogen (secondary N) is 1. The number of hydrogen-bond acceptors (Lipinski definition) is 5. The molecule has 2 rings (SSSR count). The molecule has 8 heteroatoms. The molecule has 0 amide bonds. The fraction of sp³-hybridized carbons (Fsp3) is 0.231. The standard InChI is InChI=1S/C13H14ClN3O3S/c1-3-17-21(18,19)11-8-9(4-5-10(11)20-2)12-13(14)16-7-6-15-12/h4-8,17H,3H2,1-2H3. The van der Waals surface area contributed by atoms with Crippen molar-refractivity contribution in [2.45, 2.75) is 11.8 Å². The summed E-state index contributed by atoms with van der Waals surface area (Å²) in [5.74, 6) is 0.250. The average Bonchev–Trinajstić information content (AvgIpc) is 2.47. The van der Waals surface area contributed by atoms with Gasteiger partial charge in [0.05, 0.1) is 7.11 Å². The van der Waals surface area contributed by atoms with Gasteiger partial charge in [0, 0.05) is 24.5 Å². The minimum absolute atomic E-state index is 0.0334. The van der Waals surface area contributed by atoms with E-state index >= 15 is 0 Å². The van der Waals surface area contributed by atoms with Crippen molar-refractivity contribution in [1.29, 1.82) is 0 Å². The Bertz CT molecular complexity index is 750. The summed E-state index contributed by atoms with van der Waals surface area (Å²) in [4.78, 5) is 8.09. The number of benzene rings is 1. The Labute approximate surface area is 128 Å². The van der Waals surface area contributed by atoms with E-state index in [0.29, 0.717) is 11.3 Å². The molecule has 1 aromatic heterocycles. The Morgan fingerprint density at radius 1 is 1.29 bits per heavy atom. The van der Waals surface area contributed by atoms with Gasteiger partial charge in [-0.15, -0.1) is 0 Å². The van der Waals surface area contributed by atoms with Crippen molar-refractivity contribution in [2.75, 3.05) is 13.7 Å². The minimum Gasteiger partial charge on any atom is -0.495 e. The maximum Gasteiger partial charge on any atom is 0.244 e. The lowest BCUT2D eigenvalue weighted by atomic mass is 10.1. The molecule has 0 bridgehead atoms. The summed E-state index contributed by atoms with van der Waals surface area (Å²) in [5, 5.41) is 0.203. The van der Waals surface area contributed by atoms with Crippen molar-refractivity contribution in [1.82, 2.24) is 14.7 Å². The van der Waals surface area contributed by atoms with Gasteiger partial charge < -0.3 is 4.74 Å². The molecule has 0 unspecified atom stereocenters. The van der Waals surface area contributed by atoms with E-state index in [1.165, 1.54) is 25.6 Å². The monoisotopic (exact) mass is 327 g/mol. The normalized spacial score (nSPS) is 11.4. The summed E-state index contributed by atoms with van der Waals surface area (Å²) in [6.07, 6.45) is 2.95. The van der Waals surface area contributed by atoms with Crippen LogP contribution in [0.3, 0.4) is 0 Å². The molecule has 6 nitrogen and oxygen atoms in total. The van der Waals surface area contributed by atoms with Crippen LogP contribution in [-0.4, -0.2) is 32.0 Å². The van der Waals surface area contributed by atoms with Crippen molar-refractivity contribution in [3.05, 3.63) is 35.7 Å². The molecular weight excluding hydrogens is 314 g/mol. The van der Waals surface area contributed by atoms with Crippen LogP contribution in [0, 0.1) is 0 Å². The van der Waals surface area contributed by atoms with Gasteiger partial charge in [0.2, 0.25) is 10.0 Å². The van der Waals surface area contributed by atoms with Crippen LogP contribution in [-0.2, 0) is 10.0 Å². The largest absolute Gasteiger partial charge is 0.495 e. The molecule has 0 aliphatic rings. The molecule has 0 aliphatic carbocycles. The number of hydrogen-bond donors (Lipinski definition) is 1. The lowest BCUT2D eigenvalue weighted by Gasteiger charge is -2.11. The number of sulfonamides is 1. The summed E-state index contributed by atoms with van der Waals surface area (Å²) >= 11 is 5.99. The van der Waals surface area contributed by atoms with Crippen molar-refractivity contribution >= 4 is 21.6 Å². The second-order valence-corrected chi connectivity index (χ2v) is 6.16. The van der Waals surface area contributed by atoms with Crippen LogP contribution >= 0.6 is 11.6 Å². The maximum atomic E-state index is 12.2. The topological polar surface area (TPSA) is 81.2 Å². The number of rotatable bonds is 5. The molecule has 0 spiro atoms. The Hall–Kier alpha value is -1.70. The van der Waals surface area contributed by atoms with Gasteiger partial charge in [-0.2, -0.15) is 0 Å². The van der Waals surface area contributed by atoms with Crippen molar-refractivity contribution in [2.24, 2.45) is 0 Å². The van der Waals surface area contributed by atoms with Crippen LogP contribution in [0.5, 0.6) is 5.75 Å². The zero-order valence-corrected chi connectivity index (χ0v) is 13.1. The van der Waals surface area contributed by atoms with E-state index in [4.69, 9.17) is 16.3 Å². The molecule has 112 valence electrons. The summed E-state index contributed by atoms with van der Waals surface area (Å²) in [6, 6.07) is 4.71. The van der Waals surface area contributed by atoms with Gasteiger partial charge in [0.15, 0.2) is 5.15 Å². The molecular formula is C13H14ClN3O3S. The molecule has 0 radical (unpaired) electrons. The fourth-order valence-corrected chi connectivity index (χ4v) is 3.26. The SMILES string of the molecule is CCNS(=O)(=O)c1cc(-c2nccnc2Cl)ccc1OC. The lowest BCUT2D eigenvalue weighted by molar-refractivity contribution is 0.402. The second-order valence-electron chi connectivity index (χ2n) is 4.06. The summed E-state index contributed by atoms with van der Waals surface area (Å²) in [6.45, 7) is 1.98. The van der Waals surface area contributed by atoms with Crippen molar-refractivity contribution in [3.8, 4) is 17.0 Å². The highest BCUT2D eigenvalue weighted by Crippen LogP contribution is 2.31. The minimum atomic E-state index is -3.66. The van der Waals surface area contributed by atoms with E-state index in [9.17, 15) is 8.42 Å². The van der Waals surface area contributed by atoms with E-state index in [1.807, 2.05) is 0 Å². The highest BCUT2D eigenvalue weighted by molar-refractivity contribution is 7.89. The number of aromatic nitrogens is 2. The maximum absolute atomic E-state index is 12.2. The quantitative estimate of drug-likeness (QED) is 0.909. The first-order chi connectivity index (χ1) is 9.99. The van der Waals surface area contributed by atoms with E-state index in [-0.39, 0.29) is 22.3 Å². The van der Waals surface area contributed by atoms with Crippen LogP contribution in [0.25, 0.3) is 11.3 Å². The van der Waals surface area contributed by atoms with Crippen LogP contribution in [0.4, 0.5) is 0 Å². The number of methoxy groups -OCH3 is 1. The van der Waals surface area contributed by atoms with Crippen molar-refractivity contribution in [3.63, 3.8) is 0 Å². The smallest absolute Gasteiger partial charge is 0.244 e. The van der Waals surface area contributed by atoms with Gasteiger partial charge in [-0.1, -0.05) is 18.5 Å². The molecule has 1 N–H and O–H groups in total. The molecule has 0 fully saturated rings. The van der Waals surface area contributed by atoms with Gasteiger partial charge in [0.1, 0.15) is 16.3 Å². The van der Waals surface area contributed by atoms with E-state index in [0.717, 1.165) is 0 Å². The first-order valence-corrected chi connectivity index (χ1v) is 8.00. The van der Waals surface area contributed by atoms with Gasteiger partial charge in [-0.3, -0.25) is 4.98 Å². The first-order valence-electron chi connectivity index (χ1n) is 6.14. The Morgan fingerprint density at radius 3 is 2.62 bits per heavy atom. The highest BCUT2D eigenvalue weighted by Gasteiger charge is 2.20. The van der Waals surface area contributed by atoms with Crippen LogP contribution < -0.4 is 9.46 Å². The first kappa shape index (κ1) is 15.7. The molecule has 2 aromatic rings. The predicted octanol–water partition coefficient (Wildman–Crippen LogP) is 2.10. The van der Waals surface area contributed by atoms with Gasteiger partial charge >= 0.3 is 0 Å². The second kappa shape index (κ2) is 6.38. The van der Waals surface area contributed by atoms with Crippen LogP contribution in [0.1, 0.15) is 6.92 Å². The van der Waals surface area contributed by atoms with Gasteiger partial charge in [0.25, 0.3) is 0 Å². The molecule has 21 heavy (non-hydrogen) atoms. The van der Waals surface area contributed by atoms with E-state index in [2.05, 4.69) is 14.7 Å². The van der Waals surface area contributed by atoms with Gasteiger partial charge in [-0.05, 0) is 18.2 Å². The van der Waals surface area contributed by atoms with Crippen LogP contribution in [0.15, 0.2) is 35.5 Å². The summed E-state index contributed by atoms with van der Waals surface area (Å²) in [7, 11) is -2.25. The Balaban J connectivity index is 2.61. The predicted molar refractivity (Wildman–Crippen MR) is 79.9 cm³/mol. The molecule has 1 heterocycles. The third-order valence-corrected chi connectivity index (χ3v) is 4.56. The molecule has 0 atom stereocenters. The molecule has 0 saturated heterocycles. The highest BCUT2D eigenvalue weighted by atomic mass is 35.5. The Kier molecular flexibility index (Phi) is 4.76. The van der Waals surface area contributed by atoms with Crippen LogP contribution in [0.2, 0.25) is 5.15 Å². The number of ether oxygens (including phenoxy) is 1. The molecule has 0 saturated carbocycles. The van der Waals surface area contributed by atoms with E-state index in [1.54, 1.807) is 19.1 Å². The average molecular weight is 328 g/mol. The zero-order valence-electron chi connectivity index (χ0n) is 11.5. The zero-order chi connectivity index (χ0) is 15.5. The number of nitrogens with zero attached hydrogens (tertiary/aromatic N) is 2. The third kappa shape index (κ3) is 3.31. The number of halogens is 1. The molecule has 0 aliphatic heterocycles. The fourth-order valence-electron chi connectivity index (χ4n) is 1.82. The van der Waals surface area contributed by atoms with Gasteiger partial charge in [-0.25, -0.2) is 18.1 Å².